The van der Waals surface area contributed by atoms with Gasteiger partial charge < -0.3 is 4.74 Å². The van der Waals surface area contributed by atoms with Crippen molar-refractivity contribution in [3.8, 4) is 28.7 Å². The molecule has 4 rings (SSSR count). The van der Waals surface area contributed by atoms with Gasteiger partial charge in [-0.05, 0) is 92.2 Å². The van der Waals surface area contributed by atoms with Crippen LogP contribution in [0.15, 0.2) is 60.8 Å². The van der Waals surface area contributed by atoms with E-state index in [2.05, 4.69) is 41.6 Å². The van der Waals surface area contributed by atoms with Crippen LogP contribution >= 0.6 is 11.6 Å². The number of pyridine rings is 1. The van der Waals surface area contributed by atoms with Gasteiger partial charge in [-0.25, -0.2) is 4.98 Å². The molecule has 0 spiro atoms. The molecule has 32 heavy (non-hydrogen) atoms. The first-order chi connectivity index (χ1) is 15.6. The lowest BCUT2D eigenvalue weighted by molar-refractivity contribution is 0.160. The van der Waals surface area contributed by atoms with Crippen molar-refractivity contribution in [3.05, 3.63) is 82.6 Å². The van der Waals surface area contributed by atoms with Crippen LogP contribution in [0.2, 0.25) is 5.02 Å². The van der Waals surface area contributed by atoms with Gasteiger partial charge in [0.2, 0.25) is 0 Å². The molecule has 1 aliphatic rings. The van der Waals surface area contributed by atoms with Crippen molar-refractivity contribution in [3.63, 3.8) is 0 Å². The van der Waals surface area contributed by atoms with Gasteiger partial charge in [0.1, 0.15) is 18.1 Å². The minimum atomic E-state index is 0.726. The standard InChI is InChI=1S/C28H29ClN2O/c1-21-13-15-31(16-14-21)17-18-32-28-12-4-23(19-22(28)2)3-10-27-11-7-25(20-30-27)24-5-8-26(29)9-6-24/h4-9,11-12,19-21H,13-18H2,1-2H3. The molecule has 4 heteroatoms. The summed E-state index contributed by atoms with van der Waals surface area (Å²) < 4.78 is 6.04. The maximum Gasteiger partial charge on any atom is 0.122 e. The van der Waals surface area contributed by atoms with Gasteiger partial charge in [0, 0.05) is 28.9 Å². The van der Waals surface area contributed by atoms with E-state index in [-0.39, 0.29) is 0 Å². The second kappa shape index (κ2) is 10.7. The van der Waals surface area contributed by atoms with Crippen molar-refractivity contribution in [2.24, 2.45) is 5.92 Å². The summed E-state index contributed by atoms with van der Waals surface area (Å²) in [6.45, 7) is 8.51. The van der Waals surface area contributed by atoms with E-state index in [1.54, 1.807) is 0 Å². The summed E-state index contributed by atoms with van der Waals surface area (Å²) in [5, 5.41) is 0.729. The SMILES string of the molecule is Cc1cc(C#Cc2ccc(-c3ccc(Cl)cc3)cn2)ccc1OCCN1CCC(C)CC1. The van der Waals surface area contributed by atoms with Gasteiger partial charge >= 0.3 is 0 Å². The van der Waals surface area contributed by atoms with Crippen LogP contribution in [0, 0.1) is 24.7 Å². The van der Waals surface area contributed by atoms with E-state index in [0.717, 1.165) is 57.8 Å². The molecule has 0 saturated carbocycles. The number of ether oxygens (including phenoxy) is 1. The minimum absolute atomic E-state index is 0.726. The van der Waals surface area contributed by atoms with Gasteiger partial charge in [-0.3, -0.25) is 4.90 Å². The summed E-state index contributed by atoms with van der Waals surface area (Å²) in [5.41, 5.74) is 4.95. The Hall–Kier alpha value is -2.80. The fourth-order valence-electron chi connectivity index (χ4n) is 3.88. The lowest BCUT2D eigenvalue weighted by Gasteiger charge is -2.30. The van der Waals surface area contributed by atoms with Gasteiger partial charge in [-0.15, -0.1) is 0 Å². The topological polar surface area (TPSA) is 25.4 Å². The number of benzene rings is 2. The molecule has 0 amide bonds. The number of hydrogen-bond acceptors (Lipinski definition) is 3. The molecule has 1 aliphatic heterocycles. The minimum Gasteiger partial charge on any atom is -0.492 e. The molecule has 3 aromatic rings. The van der Waals surface area contributed by atoms with Crippen LogP contribution < -0.4 is 4.74 Å². The predicted octanol–water partition coefficient (Wildman–Crippen LogP) is 6.22. The molecule has 1 aromatic heterocycles. The lowest BCUT2D eigenvalue weighted by Crippen LogP contribution is -2.35. The molecule has 0 bridgehead atoms. The van der Waals surface area contributed by atoms with E-state index in [1.807, 2.05) is 54.7 Å². The number of likely N-dealkylation sites (tertiary alicyclic amines) is 1. The summed E-state index contributed by atoms with van der Waals surface area (Å²) in [6.07, 6.45) is 4.44. The fraction of sp³-hybridized carbons (Fsp3) is 0.321. The van der Waals surface area contributed by atoms with Crippen molar-refractivity contribution >= 4 is 11.6 Å². The highest BCUT2D eigenvalue weighted by molar-refractivity contribution is 6.30. The number of nitrogens with zero attached hydrogens (tertiary/aromatic N) is 2. The molecule has 3 nitrogen and oxygen atoms in total. The maximum absolute atomic E-state index is 6.04. The molecular weight excluding hydrogens is 416 g/mol. The van der Waals surface area contributed by atoms with Crippen molar-refractivity contribution in [2.75, 3.05) is 26.2 Å². The third kappa shape index (κ3) is 6.13. The number of hydrogen-bond donors (Lipinski definition) is 0. The van der Waals surface area contributed by atoms with Crippen molar-refractivity contribution < 1.29 is 4.74 Å². The van der Waals surface area contributed by atoms with Gasteiger partial charge in [-0.1, -0.05) is 42.6 Å². The van der Waals surface area contributed by atoms with Crippen LogP contribution in [-0.2, 0) is 0 Å². The quantitative estimate of drug-likeness (QED) is 0.437. The Balaban J connectivity index is 1.33. The third-order valence-corrected chi connectivity index (χ3v) is 6.24. The maximum atomic E-state index is 6.04. The van der Waals surface area contributed by atoms with E-state index in [1.165, 1.54) is 25.9 Å². The first kappa shape index (κ1) is 22.4. The molecule has 0 unspecified atom stereocenters. The zero-order valence-electron chi connectivity index (χ0n) is 18.8. The van der Waals surface area contributed by atoms with Gasteiger partial charge in [-0.2, -0.15) is 0 Å². The molecule has 2 heterocycles. The number of rotatable bonds is 5. The fourth-order valence-corrected chi connectivity index (χ4v) is 4.00. The van der Waals surface area contributed by atoms with Crippen LogP contribution in [0.5, 0.6) is 5.75 Å². The second-order valence-electron chi connectivity index (χ2n) is 8.54. The van der Waals surface area contributed by atoms with E-state index in [4.69, 9.17) is 16.3 Å². The molecule has 2 aromatic carbocycles. The van der Waals surface area contributed by atoms with Crippen molar-refractivity contribution in [1.29, 1.82) is 0 Å². The summed E-state index contributed by atoms with van der Waals surface area (Å²) in [4.78, 5) is 6.99. The number of piperidine rings is 1. The lowest BCUT2D eigenvalue weighted by atomic mass is 9.99. The average Bonchev–Trinajstić information content (AvgIpc) is 2.81. The Morgan fingerprint density at radius 1 is 1.00 bits per heavy atom. The number of halogens is 1. The molecule has 1 saturated heterocycles. The van der Waals surface area contributed by atoms with Gasteiger partial charge in [0.25, 0.3) is 0 Å². The zero-order valence-corrected chi connectivity index (χ0v) is 19.5. The van der Waals surface area contributed by atoms with E-state index in [9.17, 15) is 0 Å². The van der Waals surface area contributed by atoms with E-state index in [0.29, 0.717) is 0 Å². The largest absolute Gasteiger partial charge is 0.492 e. The Morgan fingerprint density at radius 3 is 2.44 bits per heavy atom. The van der Waals surface area contributed by atoms with E-state index >= 15 is 0 Å². The molecular formula is C28H29ClN2O. The average molecular weight is 445 g/mol. The monoisotopic (exact) mass is 444 g/mol. The summed E-state index contributed by atoms with van der Waals surface area (Å²) >= 11 is 5.96. The Bertz CT molecular complexity index is 1090. The van der Waals surface area contributed by atoms with Crippen LogP contribution in [0.1, 0.15) is 36.6 Å². The number of aromatic nitrogens is 1. The summed E-state index contributed by atoms with van der Waals surface area (Å²) in [6, 6.07) is 17.8. The summed E-state index contributed by atoms with van der Waals surface area (Å²) in [5.74, 6) is 8.17. The van der Waals surface area contributed by atoms with E-state index < -0.39 is 0 Å². The Morgan fingerprint density at radius 2 is 1.75 bits per heavy atom. The van der Waals surface area contributed by atoms with Crippen LogP contribution in [0.3, 0.4) is 0 Å². The summed E-state index contributed by atoms with van der Waals surface area (Å²) in [7, 11) is 0. The third-order valence-electron chi connectivity index (χ3n) is 5.99. The smallest absolute Gasteiger partial charge is 0.122 e. The van der Waals surface area contributed by atoms with Crippen LogP contribution in [0.4, 0.5) is 0 Å². The Labute approximate surface area is 196 Å². The highest BCUT2D eigenvalue weighted by Crippen LogP contribution is 2.22. The van der Waals surface area contributed by atoms with Crippen molar-refractivity contribution in [1.82, 2.24) is 9.88 Å². The molecule has 1 fully saturated rings. The van der Waals surface area contributed by atoms with Crippen LogP contribution in [-0.4, -0.2) is 36.1 Å². The molecule has 0 radical (unpaired) electrons. The predicted molar refractivity (Wildman–Crippen MR) is 132 cm³/mol. The second-order valence-corrected chi connectivity index (χ2v) is 8.98. The first-order valence-electron chi connectivity index (χ1n) is 11.3. The first-order valence-corrected chi connectivity index (χ1v) is 11.6. The molecule has 164 valence electrons. The zero-order chi connectivity index (χ0) is 22.3. The molecule has 0 N–H and O–H groups in total. The Kier molecular flexibility index (Phi) is 7.47. The van der Waals surface area contributed by atoms with Crippen LogP contribution in [0.25, 0.3) is 11.1 Å². The molecule has 0 atom stereocenters. The van der Waals surface area contributed by atoms with Gasteiger partial charge in [0.05, 0.1) is 0 Å². The highest BCUT2D eigenvalue weighted by Gasteiger charge is 2.15. The number of aryl methyl sites for hydroxylation is 1. The molecule has 0 aliphatic carbocycles. The normalized spacial score (nSPS) is 14.6. The highest BCUT2D eigenvalue weighted by atomic mass is 35.5. The van der Waals surface area contributed by atoms with Crippen molar-refractivity contribution in [2.45, 2.75) is 26.7 Å². The van der Waals surface area contributed by atoms with Gasteiger partial charge in [0.15, 0.2) is 0 Å².